The topological polar surface area (TPSA) is 70.9 Å². The maximum Gasteiger partial charge on any atom is 0.275 e. The lowest BCUT2D eigenvalue weighted by Gasteiger charge is -2.33. The van der Waals surface area contributed by atoms with E-state index in [2.05, 4.69) is 22.4 Å². The second kappa shape index (κ2) is 6.53. The minimum absolute atomic E-state index is 0.0348. The minimum atomic E-state index is -0.405. The number of rotatable bonds is 5. The van der Waals surface area contributed by atoms with Gasteiger partial charge in [0.2, 0.25) is 0 Å². The molecule has 7 heteroatoms. The molecule has 1 aliphatic heterocycles. The standard InChI is InChI=1S/C13H20N4O3/c1-3-20-13-9-11(8-12(10-13)17(18)19)14-16-6-4-15(2)5-7-16/h8-10,14H,3-7H2,1-2H3. The van der Waals surface area contributed by atoms with Crippen LogP contribution in [-0.2, 0) is 0 Å². The van der Waals surface area contributed by atoms with Gasteiger partial charge in [-0.25, -0.2) is 5.01 Å². The normalized spacial score (nSPS) is 16.9. The molecule has 0 radical (unpaired) electrons. The van der Waals surface area contributed by atoms with Crippen LogP contribution in [0.15, 0.2) is 18.2 Å². The average Bonchev–Trinajstić information content (AvgIpc) is 2.41. The van der Waals surface area contributed by atoms with Crippen molar-refractivity contribution in [1.82, 2.24) is 9.91 Å². The van der Waals surface area contributed by atoms with Crippen LogP contribution in [0.25, 0.3) is 0 Å². The van der Waals surface area contributed by atoms with E-state index in [9.17, 15) is 10.1 Å². The lowest BCUT2D eigenvalue weighted by molar-refractivity contribution is -0.384. The van der Waals surface area contributed by atoms with Crippen LogP contribution in [0.4, 0.5) is 11.4 Å². The van der Waals surface area contributed by atoms with Gasteiger partial charge < -0.3 is 15.1 Å². The van der Waals surface area contributed by atoms with Crippen molar-refractivity contribution in [3.05, 3.63) is 28.3 Å². The second-order valence-corrected chi connectivity index (χ2v) is 4.81. The zero-order chi connectivity index (χ0) is 14.5. The van der Waals surface area contributed by atoms with Crippen molar-refractivity contribution in [3.63, 3.8) is 0 Å². The first-order valence-corrected chi connectivity index (χ1v) is 6.71. The Kier molecular flexibility index (Phi) is 4.75. The molecule has 0 saturated carbocycles. The lowest BCUT2D eigenvalue weighted by atomic mass is 10.2. The Balaban J connectivity index is 2.11. The van der Waals surface area contributed by atoms with E-state index in [1.807, 2.05) is 6.92 Å². The van der Waals surface area contributed by atoms with Crippen LogP contribution in [0, 0.1) is 10.1 Å². The largest absolute Gasteiger partial charge is 0.494 e. The number of nitro groups is 1. The van der Waals surface area contributed by atoms with Crippen molar-refractivity contribution in [3.8, 4) is 5.75 Å². The first kappa shape index (κ1) is 14.5. The van der Waals surface area contributed by atoms with Gasteiger partial charge in [0.25, 0.3) is 5.69 Å². The molecule has 0 spiro atoms. The number of ether oxygens (including phenoxy) is 1. The molecular weight excluding hydrogens is 260 g/mol. The van der Waals surface area contributed by atoms with E-state index in [-0.39, 0.29) is 5.69 Å². The molecule has 1 fully saturated rings. The fourth-order valence-corrected chi connectivity index (χ4v) is 2.10. The summed E-state index contributed by atoms with van der Waals surface area (Å²) >= 11 is 0. The highest BCUT2D eigenvalue weighted by Gasteiger charge is 2.16. The predicted molar refractivity (Wildman–Crippen MR) is 77.0 cm³/mol. The Morgan fingerprint density at radius 3 is 2.60 bits per heavy atom. The Hall–Kier alpha value is -1.86. The van der Waals surface area contributed by atoms with Gasteiger partial charge in [-0.3, -0.25) is 10.1 Å². The Morgan fingerprint density at radius 1 is 1.30 bits per heavy atom. The summed E-state index contributed by atoms with van der Waals surface area (Å²) in [6.07, 6.45) is 0. The number of hydrogen-bond acceptors (Lipinski definition) is 6. The first-order chi connectivity index (χ1) is 9.58. The third-order valence-electron chi connectivity index (χ3n) is 3.20. The van der Waals surface area contributed by atoms with Gasteiger partial charge in [0, 0.05) is 38.3 Å². The first-order valence-electron chi connectivity index (χ1n) is 6.71. The molecule has 20 heavy (non-hydrogen) atoms. The second-order valence-electron chi connectivity index (χ2n) is 4.81. The molecule has 0 aliphatic carbocycles. The Morgan fingerprint density at radius 2 is 2.00 bits per heavy atom. The Bertz CT molecular complexity index is 473. The van der Waals surface area contributed by atoms with Gasteiger partial charge in [0.1, 0.15) is 5.75 Å². The van der Waals surface area contributed by atoms with Gasteiger partial charge in [-0.05, 0) is 14.0 Å². The number of anilines is 1. The number of nitrogens with one attached hydrogen (secondary N) is 1. The van der Waals surface area contributed by atoms with E-state index in [0.29, 0.717) is 18.0 Å². The van der Waals surface area contributed by atoms with Crippen LogP contribution in [-0.4, -0.2) is 54.7 Å². The summed E-state index contributed by atoms with van der Waals surface area (Å²) in [7, 11) is 2.08. The molecule has 0 aromatic heterocycles. The molecule has 1 aliphatic rings. The molecule has 1 N–H and O–H groups in total. The highest BCUT2D eigenvalue weighted by atomic mass is 16.6. The van der Waals surface area contributed by atoms with Crippen molar-refractivity contribution in [2.45, 2.75) is 6.92 Å². The zero-order valence-electron chi connectivity index (χ0n) is 11.8. The summed E-state index contributed by atoms with van der Waals surface area (Å²) in [5.74, 6) is 0.512. The highest BCUT2D eigenvalue weighted by molar-refractivity contribution is 5.55. The molecule has 1 heterocycles. The molecule has 1 aromatic carbocycles. The fraction of sp³-hybridized carbons (Fsp3) is 0.538. The highest BCUT2D eigenvalue weighted by Crippen LogP contribution is 2.26. The maximum atomic E-state index is 10.9. The van der Waals surface area contributed by atoms with E-state index >= 15 is 0 Å². The number of nitro benzene ring substituents is 1. The van der Waals surface area contributed by atoms with Crippen LogP contribution in [0.1, 0.15) is 6.92 Å². The Labute approximate surface area is 118 Å². The van der Waals surface area contributed by atoms with Crippen LogP contribution >= 0.6 is 0 Å². The van der Waals surface area contributed by atoms with E-state index in [1.165, 1.54) is 12.1 Å². The molecule has 110 valence electrons. The SMILES string of the molecule is CCOc1cc(NN2CCN(C)CC2)cc([N+](=O)[O-])c1. The van der Waals surface area contributed by atoms with Crippen LogP contribution < -0.4 is 10.2 Å². The summed E-state index contributed by atoms with van der Waals surface area (Å²) in [4.78, 5) is 12.8. The molecule has 1 aromatic rings. The van der Waals surface area contributed by atoms with Crippen molar-refractivity contribution in [2.24, 2.45) is 0 Å². The smallest absolute Gasteiger partial charge is 0.275 e. The number of nitrogens with zero attached hydrogens (tertiary/aromatic N) is 3. The van der Waals surface area contributed by atoms with Crippen molar-refractivity contribution < 1.29 is 9.66 Å². The third-order valence-corrected chi connectivity index (χ3v) is 3.20. The van der Waals surface area contributed by atoms with Crippen molar-refractivity contribution in [1.29, 1.82) is 0 Å². The summed E-state index contributed by atoms with van der Waals surface area (Å²) < 4.78 is 5.37. The summed E-state index contributed by atoms with van der Waals surface area (Å²) in [5.41, 5.74) is 3.94. The number of benzene rings is 1. The molecule has 2 rings (SSSR count). The molecule has 0 atom stereocenters. The molecule has 0 bridgehead atoms. The van der Waals surface area contributed by atoms with Gasteiger partial charge >= 0.3 is 0 Å². The minimum Gasteiger partial charge on any atom is -0.494 e. The molecule has 1 saturated heterocycles. The van der Waals surface area contributed by atoms with Crippen molar-refractivity contribution >= 4 is 11.4 Å². The summed E-state index contributed by atoms with van der Waals surface area (Å²) in [6.45, 7) is 6.04. The van der Waals surface area contributed by atoms with Gasteiger partial charge in [-0.15, -0.1) is 0 Å². The predicted octanol–water partition coefficient (Wildman–Crippen LogP) is 1.57. The summed E-state index contributed by atoms with van der Waals surface area (Å²) in [6, 6.07) is 4.76. The quantitative estimate of drug-likeness (QED) is 0.652. The molecule has 0 unspecified atom stereocenters. The zero-order valence-corrected chi connectivity index (χ0v) is 11.8. The van der Waals surface area contributed by atoms with E-state index in [4.69, 9.17) is 4.74 Å². The van der Waals surface area contributed by atoms with Gasteiger partial charge in [0.05, 0.1) is 23.3 Å². The summed E-state index contributed by atoms with van der Waals surface area (Å²) in [5, 5.41) is 13.0. The lowest BCUT2D eigenvalue weighted by Crippen LogP contribution is -2.46. The van der Waals surface area contributed by atoms with Crippen LogP contribution in [0.2, 0.25) is 0 Å². The molecule has 7 nitrogen and oxygen atoms in total. The monoisotopic (exact) mass is 280 g/mol. The molecule has 0 amide bonds. The fourth-order valence-electron chi connectivity index (χ4n) is 2.10. The number of hydrogen-bond donors (Lipinski definition) is 1. The van der Waals surface area contributed by atoms with Crippen LogP contribution in [0.5, 0.6) is 5.75 Å². The van der Waals surface area contributed by atoms with Gasteiger partial charge in [-0.1, -0.05) is 0 Å². The third kappa shape index (κ3) is 3.82. The van der Waals surface area contributed by atoms with Gasteiger partial charge in [0.15, 0.2) is 0 Å². The number of non-ortho nitro benzene ring substituents is 1. The van der Waals surface area contributed by atoms with E-state index in [1.54, 1.807) is 6.07 Å². The maximum absolute atomic E-state index is 10.9. The number of likely N-dealkylation sites (N-methyl/N-ethyl adjacent to an activating group) is 1. The number of piperazine rings is 1. The van der Waals surface area contributed by atoms with Crippen LogP contribution in [0.3, 0.4) is 0 Å². The van der Waals surface area contributed by atoms with Crippen molar-refractivity contribution in [2.75, 3.05) is 45.3 Å². The van der Waals surface area contributed by atoms with E-state index < -0.39 is 4.92 Å². The average molecular weight is 280 g/mol. The number of hydrazine groups is 1. The van der Waals surface area contributed by atoms with Gasteiger partial charge in [-0.2, -0.15) is 0 Å². The van der Waals surface area contributed by atoms with E-state index in [0.717, 1.165) is 26.2 Å². The molecular formula is C13H20N4O3.